The monoisotopic (exact) mass is 375 g/mol. The molecule has 8 heteroatoms. The number of fused-ring (bicyclic) bond motifs is 3. The van der Waals surface area contributed by atoms with E-state index in [1.165, 1.54) is 4.88 Å². The number of H-pyrrole nitrogens is 1. The molecular weight excluding hydrogens is 357 g/mol. The van der Waals surface area contributed by atoms with Crippen molar-refractivity contribution in [2.45, 2.75) is 25.4 Å². The summed E-state index contributed by atoms with van der Waals surface area (Å²) in [6.07, 6.45) is 9.47. The summed E-state index contributed by atoms with van der Waals surface area (Å²) in [6, 6.07) is 4.04. The number of piperidine rings is 1. The second-order valence-corrected chi connectivity index (χ2v) is 8.17. The van der Waals surface area contributed by atoms with Crippen LogP contribution in [0.4, 0.5) is 0 Å². The summed E-state index contributed by atoms with van der Waals surface area (Å²) in [5, 5.41) is 1.69. The number of thiazole rings is 1. The van der Waals surface area contributed by atoms with Crippen LogP contribution in [0, 0.1) is 0 Å². The van der Waals surface area contributed by atoms with Crippen LogP contribution in [0.1, 0.15) is 23.8 Å². The topological polar surface area (TPSA) is 66.8 Å². The maximum absolute atomic E-state index is 12.3. The number of hydrogen-bond acceptors (Lipinski definition) is 5. The van der Waals surface area contributed by atoms with Gasteiger partial charge in [0.1, 0.15) is 5.65 Å². The Kier molecular flexibility index (Phi) is 4.09. The molecule has 4 aromatic rings. The van der Waals surface area contributed by atoms with Crippen molar-refractivity contribution in [1.29, 1.82) is 0 Å². The van der Waals surface area contributed by atoms with Gasteiger partial charge in [0.2, 0.25) is 0 Å². The zero-order valence-corrected chi connectivity index (χ0v) is 15.6. The highest BCUT2D eigenvalue weighted by Crippen LogP contribution is 2.29. The van der Waals surface area contributed by atoms with Gasteiger partial charge in [-0.3, -0.25) is 14.7 Å². The van der Waals surface area contributed by atoms with Gasteiger partial charge in [0.25, 0.3) is 0 Å². The van der Waals surface area contributed by atoms with Crippen LogP contribution < -0.4 is 10.3 Å². The van der Waals surface area contributed by atoms with Crippen molar-refractivity contribution in [2.75, 3.05) is 13.1 Å². The first kappa shape index (κ1) is 16.7. The van der Waals surface area contributed by atoms with E-state index in [0.717, 1.165) is 49.0 Å². The van der Waals surface area contributed by atoms with Crippen molar-refractivity contribution in [2.24, 2.45) is 0 Å². The minimum absolute atomic E-state index is 0.0251. The van der Waals surface area contributed by atoms with E-state index in [9.17, 15) is 4.79 Å². The molecular formula is C19H18BN5OS. The molecule has 6 nitrogen and oxygen atoms in total. The fourth-order valence-corrected chi connectivity index (χ4v) is 4.77. The molecule has 2 radical (unpaired) electrons. The molecule has 134 valence electrons. The van der Waals surface area contributed by atoms with Gasteiger partial charge in [0.05, 0.1) is 10.9 Å². The van der Waals surface area contributed by atoms with Crippen LogP contribution in [0.5, 0.6) is 0 Å². The van der Waals surface area contributed by atoms with Crippen LogP contribution in [0.3, 0.4) is 0 Å². The van der Waals surface area contributed by atoms with Gasteiger partial charge in [0, 0.05) is 71.7 Å². The lowest BCUT2D eigenvalue weighted by molar-refractivity contribution is 0.182. The minimum atomic E-state index is 0.0251. The minimum Gasteiger partial charge on any atom is -0.346 e. The quantitative estimate of drug-likeness (QED) is 0.556. The summed E-state index contributed by atoms with van der Waals surface area (Å²) in [5.41, 5.74) is 1.83. The van der Waals surface area contributed by atoms with E-state index in [4.69, 9.17) is 7.85 Å². The number of nitrogens with zero attached hydrogens (tertiary/aromatic N) is 4. The summed E-state index contributed by atoms with van der Waals surface area (Å²) in [4.78, 5) is 28.3. The maximum Gasteiger partial charge on any atom is 0.190 e. The van der Waals surface area contributed by atoms with Crippen molar-refractivity contribution in [3.63, 3.8) is 0 Å². The third kappa shape index (κ3) is 2.98. The van der Waals surface area contributed by atoms with Crippen LogP contribution in [0.15, 0.2) is 41.7 Å². The Morgan fingerprint density at radius 2 is 2.04 bits per heavy atom. The average Bonchev–Trinajstić information content (AvgIpc) is 3.31. The molecule has 0 unspecified atom stereocenters. The normalized spacial score (nSPS) is 16.4. The standard InChI is InChI=1S/C19H18BN5OS/c20-19-23-9-13(27-19)11-24-6-2-12(3-7-24)25-8-4-16(26)15-10-22-18-14(17(15)25)1-5-21-18/h1,4-5,8-10,12H,2-3,6-7,11H2,(H,21,22). The SMILES string of the molecule is [B]c1ncc(CN2CCC(n3ccc(=O)c4cnc5[nH]ccc5c43)CC2)s1. The van der Waals surface area contributed by atoms with Gasteiger partial charge < -0.3 is 9.55 Å². The second kappa shape index (κ2) is 6.62. The predicted molar refractivity (Wildman–Crippen MR) is 109 cm³/mol. The van der Waals surface area contributed by atoms with E-state index in [1.807, 2.05) is 24.7 Å². The Morgan fingerprint density at radius 1 is 1.19 bits per heavy atom. The molecule has 0 aromatic carbocycles. The molecule has 5 rings (SSSR count). The van der Waals surface area contributed by atoms with E-state index in [0.29, 0.717) is 16.3 Å². The zero-order valence-electron chi connectivity index (χ0n) is 14.8. The first-order valence-corrected chi connectivity index (χ1v) is 9.90. The van der Waals surface area contributed by atoms with Crippen LogP contribution in [-0.2, 0) is 6.54 Å². The van der Waals surface area contributed by atoms with Crippen LogP contribution in [-0.4, -0.2) is 45.4 Å². The number of pyridine rings is 2. The van der Waals surface area contributed by atoms with Gasteiger partial charge in [-0.1, -0.05) is 0 Å². The van der Waals surface area contributed by atoms with Crippen molar-refractivity contribution >= 4 is 46.0 Å². The highest BCUT2D eigenvalue weighted by Gasteiger charge is 2.22. The lowest BCUT2D eigenvalue weighted by atomic mass is 10.0. The zero-order chi connectivity index (χ0) is 18.4. The van der Waals surface area contributed by atoms with E-state index >= 15 is 0 Å². The first-order valence-electron chi connectivity index (χ1n) is 9.08. The maximum atomic E-state index is 12.3. The molecule has 1 fully saturated rings. The van der Waals surface area contributed by atoms with Gasteiger partial charge >= 0.3 is 0 Å². The Labute approximate surface area is 161 Å². The predicted octanol–water partition coefficient (Wildman–Crippen LogP) is 1.97. The first-order chi connectivity index (χ1) is 13.2. The average molecular weight is 375 g/mol. The summed E-state index contributed by atoms with van der Waals surface area (Å²) >= 11 is 1.56. The second-order valence-electron chi connectivity index (χ2n) is 7.02. The highest BCUT2D eigenvalue weighted by molar-refractivity contribution is 7.19. The molecule has 27 heavy (non-hydrogen) atoms. The molecule has 4 aromatic heterocycles. The van der Waals surface area contributed by atoms with Crippen LogP contribution in [0.25, 0.3) is 21.9 Å². The van der Waals surface area contributed by atoms with Crippen molar-refractivity contribution in [3.05, 3.63) is 52.0 Å². The highest BCUT2D eigenvalue weighted by atomic mass is 32.1. The van der Waals surface area contributed by atoms with E-state index in [2.05, 4.69) is 24.4 Å². The van der Waals surface area contributed by atoms with Crippen molar-refractivity contribution < 1.29 is 0 Å². The van der Waals surface area contributed by atoms with Gasteiger partial charge in [-0.15, -0.1) is 11.3 Å². The molecule has 0 saturated carbocycles. The number of hydrogen-bond donors (Lipinski definition) is 1. The van der Waals surface area contributed by atoms with Crippen molar-refractivity contribution in [1.82, 2.24) is 24.4 Å². The molecule has 0 atom stereocenters. The van der Waals surface area contributed by atoms with Crippen LogP contribution >= 0.6 is 11.3 Å². The number of aromatic nitrogens is 4. The third-order valence-corrected chi connectivity index (χ3v) is 6.18. The van der Waals surface area contributed by atoms with Gasteiger partial charge in [-0.25, -0.2) is 4.98 Å². The lowest BCUT2D eigenvalue weighted by Crippen LogP contribution is -2.34. The van der Waals surface area contributed by atoms with E-state index in [1.54, 1.807) is 23.6 Å². The summed E-state index contributed by atoms with van der Waals surface area (Å²) in [6.45, 7) is 2.92. The van der Waals surface area contributed by atoms with Gasteiger partial charge in [-0.2, -0.15) is 0 Å². The van der Waals surface area contributed by atoms with Crippen LogP contribution in [0.2, 0.25) is 0 Å². The Bertz CT molecular complexity index is 1170. The Morgan fingerprint density at radius 3 is 2.81 bits per heavy atom. The molecule has 0 aliphatic carbocycles. The molecule has 1 aliphatic rings. The Balaban J connectivity index is 1.44. The van der Waals surface area contributed by atoms with Crippen molar-refractivity contribution in [3.8, 4) is 0 Å². The molecule has 1 aliphatic heterocycles. The fraction of sp³-hybridized carbons (Fsp3) is 0.316. The van der Waals surface area contributed by atoms with E-state index in [-0.39, 0.29) is 5.43 Å². The molecule has 0 spiro atoms. The smallest absolute Gasteiger partial charge is 0.190 e. The number of rotatable bonds is 3. The van der Waals surface area contributed by atoms with Gasteiger partial charge in [0.15, 0.2) is 13.3 Å². The fourth-order valence-electron chi connectivity index (χ4n) is 4.04. The third-order valence-electron chi connectivity index (χ3n) is 5.37. The number of nitrogens with one attached hydrogen (secondary N) is 1. The molecule has 1 N–H and O–H groups in total. The van der Waals surface area contributed by atoms with Gasteiger partial charge in [-0.05, 0) is 18.9 Å². The summed E-state index contributed by atoms with van der Waals surface area (Å²) in [7, 11) is 5.74. The molecule has 1 saturated heterocycles. The van der Waals surface area contributed by atoms with E-state index < -0.39 is 0 Å². The molecule has 0 amide bonds. The largest absolute Gasteiger partial charge is 0.346 e. The summed E-state index contributed by atoms with van der Waals surface area (Å²) in [5.74, 6) is 0. The number of likely N-dealkylation sites (tertiary alicyclic amines) is 1. The molecule has 0 bridgehead atoms. The lowest BCUT2D eigenvalue weighted by Gasteiger charge is -2.33. The Hall–Kier alpha value is -2.45. The number of aromatic amines is 1. The summed E-state index contributed by atoms with van der Waals surface area (Å²) < 4.78 is 2.27. The molecule has 5 heterocycles.